The van der Waals surface area contributed by atoms with Crippen LogP contribution in [0.3, 0.4) is 0 Å². The van der Waals surface area contributed by atoms with Crippen LogP contribution in [0.5, 0.6) is 0 Å². The zero-order valence-electron chi connectivity index (χ0n) is 20.7. The summed E-state index contributed by atoms with van der Waals surface area (Å²) in [5, 5.41) is 112. The van der Waals surface area contributed by atoms with Crippen LogP contribution in [0.2, 0.25) is 0 Å². The zero-order chi connectivity index (χ0) is 36.0. The molecule has 7 radical (unpaired) electrons. The molecule has 0 amide bonds. The van der Waals surface area contributed by atoms with Crippen LogP contribution in [0.1, 0.15) is 0 Å². The first-order valence-electron chi connectivity index (χ1n) is 4.02. The Bertz CT molecular complexity index is 390. The van der Waals surface area contributed by atoms with Crippen molar-refractivity contribution in [1.82, 2.24) is 0 Å². The molecule has 239 valence electrons. The summed E-state index contributed by atoms with van der Waals surface area (Å²) in [5.74, 6) is 0. The van der Waals surface area contributed by atoms with Crippen molar-refractivity contribution in [2.45, 2.75) is 0 Å². The van der Waals surface area contributed by atoms with E-state index in [2.05, 4.69) is 0 Å². The largest absolute Gasteiger partial charge is 3.00 e. The van der Waals surface area contributed by atoms with E-state index in [1.165, 1.54) is 0 Å². The zero-order valence-corrected chi connectivity index (χ0v) is 30.7. The molecule has 46 heavy (non-hydrogen) atoms. The molecule has 0 atom stereocenters. The number of hydrogen-bond acceptors (Lipinski definition) is 18. The molecular formula is C18Cl3Fe7N18. The Balaban J connectivity index is -0.00000000283. The van der Waals surface area contributed by atoms with E-state index in [9.17, 15) is 0 Å². The fourth-order valence-electron chi connectivity index (χ4n) is 0. The number of rotatable bonds is 0. The molecule has 18 nitrogen and oxygen atoms in total. The molecule has 0 saturated carbocycles. The van der Waals surface area contributed by atoms with Crippen LogP contribution in [0.4, 0.5) is 0 Å². The third-order valence-electron chi connectivity index (χ3n) is 0. The summed E-state index contributed by atoms with van der Waals surface area (Å²) in [6, 6.07) is 0. The fraction of sp³-hybridized carbons (Fsp3) is 0. The molecule has 0 rings (SSSR count). The van der Waals surface area contributed by atoms with Gasteiger partial charge in [-0.15, -0.1) is 0 Å². The summed E-state index contributed by atoms with van der Waals surface area (Å²) in [7, 11) is 0. The molecule has 0 aromatic heterocycles. The van der Waals surface area contributed by atoms with Crippen molar-refractivity contribution < 1.29 is 157 Å². The smallest absolute Gasteiger partial charge is 1.00 e. The van der Waals surface area contributed by atoms with E-state index in [4.69, 9.17) is 213 Å². The Hall–Kier alpha value is -4.67. The minimum atomic E-state index is 0. The van der Waals surface area contributed by atoms with Crippen molar-refractivity contribution in [2.24, 2.45) is 0 Å². The van der Waals surface area contributed by atoms with E-state index in [0.29, 0.717) is 0 Å². The molecule has 0 spiro atoms. The fourth-order valence-corrected chi connectivity index (χ4v) is 0. The third kappa shape index (κ3) is 2640. The Morgan fingerprint density at radius 1 is 0.109 bits per heavy atom. The second kappa shape index (κ2) is 2860. The number of hydrogen-bond donors (Lipinski definition) is 0. The number of halogens is 3. The molecule has 0 bridgehead atoms. The first-order valence-corrected chi connectivity index (χ1v) is 4.02. The Labute approximate surface area is 366 Å². The van der Waals surface area contributed by atoms with Gasteiger partial charge in [0.1, 0.15) is 0 Å². The summed E-state index contributed by atoms with van der Waals surface area (Å²) in [4.78, 5) is 0. The molecule has 0 heterocycles. The van der Waals surface area contributed by atoms with Gasteiger partial charge >= 0.3 is 119 Å². The van der Waals surface area contributed by atoms with Crippen molar-refractivity contribution >= 4 is 0 Å². The van der Waals surface area contributed by atoms with Crippen molar-refractivity contribution in [3.8, 4) is 0 Å². The first kappa shape index (κ1) is 378. The van der Waals surface area contributed by atoms with Gasteiger partial charge in [-0.2, -0.15) is 0 Å². The standard InChI is InChI=1S/18CN.3ClH.7Fe/c18*1-2;;;;;;;;;;/h;;;;;;;;;;;;;;;;;;3*1H;;;;;;;/q18*-1;;;;7*+3/p-3. The summed E-state index contributed by atoms with van der Waals surface area (Å²) in [5.41, 5.74) is 0. The Morgan fingerprint density at radius 3 is 0.109 bits per heavy atom. The van der Waals surface area contributed by atoms with Gasteiger partial charge in [0.15, 0.2) is 0 Å². The predicted molar refractivity (Wildman–Crippen MR) is 89.4 cm³/mol. The van der Waals surface area contributed by atoms with Gasteiger partial charge in [0.2, 0.25) is 0 Å². The van der Waals surface area contributed by atoms with Gasteiger partial charge in [-0.1, -0.05) is 0 Å². The average Bonchev–Trinajstić information content (AvgIpc) is 3.13. The quantitative estimate of drug-likeness (QED) is 0.161. The molecule has 0 fully saturated rings. The third-order valence-corrected chi connectivity index (χ3v) is 0. The Morgan fingerprint density at radius 2 is 0.109 bits per heavy atom. The van der Waals surface area contributed by atoms with Gasteiger partial charge in [-0.25, -0.2) is 0 Å². The van der Waals surface area contributed by atoms with Crippen LogP contribution in [0.25, 0.3) is 0 Å². The normalized spacial score (nSPS) is 0.783. The number of nitrogens with zero attached hydrogens (tertiary/aromatic N) is 18. The van der Waals surface area contributed by atoms with E-state index >= 15 is 0 Å². The van der Waals surface area contributed by atoms with Crippen LogP contribution >= 0.6 is 0 Å². The predicted octanol–water partition coefficient (Wildman–Crippen LogP) is -7.27. The molecule has 0 aromatic rings. The maximum Gasteiger partial charge on any atom is 3.00 e. The summed E-state index contributed by atoms with van der Waals surface area (Å²) < 4.78 is 0. The van der Waals surface area contributed by atoms with E-state index in [-0.39, 0.29) is 157 Å². The van der Waals surface area contributed by atoms with Crippen molar-refractivity contribution in [3.63, 3.8) is 0 Å². The minimum absolute atomic E-state index is 0. The molecule has 0 aliphatic carbocycles. The topological polar surface area (TPSA) is 428 Å². The average molecular weight is 966 g/mol. The van der Waals surface area contributed by atoms with Gasteiger partial charge in [-0.3, -0.25) is 0 Å². The molecule has 0 aliphatic heterocycles. The molecular weight excluding hydrogens is 966 g/mol. The van der Waals surface area contributed by atoms with Crippen molar-refractivity contribution in [3.05, 3.63) is 118 Å². The second-order valence-corrected chi connectivity index (χ2v) is 0. The monoisotopic (exact) mass is 965 g/mol. The van der Waals surface area contributed by atoms with Crippen LogP contribution in [0, 0.1) is 213 Å². The first-order chi connectivity index (χ1) is 18.0. The van der Waals surface area contributed by atoms with E-state index in [1.54, 1.807) is 0 Å². The molecule has 0 N–H and O–H groups in total. The van der Waals surface area contributed by atoms with E-state index in [0.717, 1.165) is 0 Å². The maximum atomic E-state index is 6.25. The minimum Gasteiger partial charge on any atom is -1.00 e. The second-order valence-electron chi connectivity index (χ2n) is 0. The molecule has 0 unspecified atom stereocenters. The molecule has 0 aliphatic rings. The molecule has 28 heteroatoms. The van der Waals surface area contributed by atoms with Gasteiger partial charge in [0.05, 0.1) is 0 Å². The van der Waals surface area contributed by atoms with Crippen molar-refractivity contribution in [2.75, 3.05) is 0 Å². The van der Waals surface area contributed by atoms with Crippen LogP contribution in [-0.4, -0.2) is 0 Å². The van der Waals surface area contributed by atoms with Crippen LogP contribution < -0.4 is 37.2 Å². The molecule has 0 aromatic carbocycles. The summed E-state index contributed by atoms with van der Waals surface area (Å²) >= 11 is 0. The van der Waals surface area contributed by atoms with Crippen molar-refractivity contribution in [1.29, 1.82) is 94.7 Å². The van der Waals surface area contributed by atoms with Crippen LogP contribution in [-0.2, 0) is 119 Å². The Kier molecular flexibility index (Phi) is 23500. The molecule has 0 saturated heterocycles. The maximum absolute atomic E-state index is 6.25. The van der Waals surface area contributed by atoms with Gasteiger partial charge in [-0.05, 0) is 0 Å². The van der Waals surface area contributed by atoms with Gasteiger partial charge in [0.25, 0.3) is 0 Å². The van der Waals surface area contributed by atoms with Gasteiger partial charge in [0, 0.05) is 0 Å². The van der Waals surface area contributed by atoms with Crippen LogP contribution in [0.15, 0.2) is 0 Å². The SMILES string of the molecule is [C-]#N.[C-]#N.[C-]#N.[C-]#N.[C-]#N.[C-]#N.[C-]#N.[C-]#N.[C-]#N.[C-]#N.[C-]#N.[C-]#N.[C-]#N.[C-]#N.[C-]#N.[C-]#N.[C-]#N.[C-]#N.[Cl-].[Cl-].[Cl-].[Fe+3].[Fe+3].[Fe+3].[Fe+3].[Fe+3].[Fe+3].[Fe+3]. The van der Waals surface area contributed by atoms with Gasteiger partial charge < -0.3 is 250 Å². The van der Waals surface area contributed by atoms with E-state index < -0.39 is 0 Å². The summed E-state index contributed by atoms with van der Waals surface area (Å²) in [6.45, 7) is 85.5. The summed E-state index contributed by atoms with van der Waals surface area (Å²) in [6.07, 6.45) is 0. The van der Waals surface area contributed by atoms with E-state index in [1.807, 2.05) is 0 Å².